The molecule has 0 bridgehead atoms. The molecule has 0 heterocycles. The maximum Gasteiger partial charge on any atom is 0.124 e. The molecule has 1 aromatic carbocycles. The smallest absolute Gasteiger partial charge is 0.124 e. The van der Waals surface area contributed by atoms with Crippen molar-refractivity contribution in [2.24, 2.45) is 4.40 Å². The normalized spacial score (nSPS) is 12.2. The van der Waals surface area contributed by atoms with Gasteiger partial charge < -0.3 is 5.11 Å². The number of para-hydroxylation sites is 1. The van der Waals surface area contributed by atoms with E-state index in [0.29, 0.717) is 0 Å². The van der Waals surface area contributed by atoms with Gasteiger partial charge in [-0.3, -0.25) is 0 Å². The number of benzene rings is 1. The molecule has 0 saturated heterocycles. The molecule has 1 rings (SSSR count). The van der Waals surface area contributed by atoms with Gasteiger partial charge in [-0.15, -0.1) is 0 Å². The molecule has 76 valence electrons. The van der Waals surface area contributed by atoms with Crippen molar-refractivity contribution in [1.82, 2.24) is 0 Å². The van der Waals surface area contributed by atoms with Crippen LogP contribution in [0, 0.1) is 0 Å². The Kier molecular flexibility index (Phi) is 3.58. The summed E-state index contributed by atoms with van der Waals surface area (Å²) in [6, 6.07) is 7.16. The van der Waals surface area contributed by atoms with Crippen LogP contribution in [0.1, 0.15) is 26.3 Å². The molecule has 1 N–H and O–H groups in total. The molecular formula is C11H15NOS. The third-order valence-electron chi connectivity index (χ3n) is 1.46. The van der Waals surface area contributed by atoms with Crippen LogP contribution in [-0.4, -0.2) is 16.1 Å². The maximum absolute atomic E-state index is 9.44. The molecule has 3 heteroatoms. The first-order valence-electron chi connectivity index (χ1n) is 4.48. The molecular weight excluding hydrogens is 194 g/mol. The minimum absolute atomic E-state index is 0.112. The molecule has 0 aliphatic carbocycles. The first kappa shape index (κ1) is 11.1. The van der Waals surface area contributed by atoms with Gasteiger partial charge in [-0.25, -0.2) is 4.40 Å². The molecule has 0 radical (unpaired) electrons. The first-order valence-corrected chi connectivity index (χ1v) is 5.26. The lowest BCUT2D eigenvalue weighted by atomic mass is 10.2. The summed E-state index contributed by atoms with van der Waals surface area (Å²) in [6.45, 7) is 6.29. The van der Waals surface area contributed by atoms with Gasteiger partial charge in [-0.1, -0.05) is 12.1 Å². The summed E-state index contributed by atoms with van der Waals surface area (Å²) in [7, 11) is 0. The third-order valence-corrected chi connectivity index (χ3v) is 2.21. The van der Waals surface area contributed by atoms with Crippen LogP contribution >= 0.6 is 11.9 Å². The average molecular weight is 209 g/mol. The highest BCUT2D eigenvalue weighted by Gasteiger charge is 2.09. The summed E-state index contributed by atoms with van der Waals surface area (Å²) in [6.07, 6.45) is 1.69. The SMILES string of the molecule is CC(C)(C)S/N=C/c1ccccc1O. The zero-order chi connectivity index (χ0) is 10.6. The van der Waals surface area contributed by atoms with Crippen molar-refractivity contribution in [2.45, 2.75) is 25.5 Å². The predicted molar refractivity (Wildman–Crippen MR) is 63.0 cm³/mol. The Morgan fingerprint density at radius 3 is 2.50 bits per heavy atom. The van der Waals surface area contributed by atoms with E-state index in [0.717, 1.165) is 5.56 Å². The van der Waals surface area contributed by atoms with Gasteiger partial charge in [0.2, 0.25) is 0 Å². The van der Waals surface area contributed by atoms with Crippen molar-refractivity contribution in [3.63, 3.8) is 0 Å². The van der Waals surface area contributed by atoms with Crippen molar-refractivity contribution < 1.29 is 5.11 Å². The summed E-state index contributed by atoms with van der Waals surface area (Å²) in [4.78, 5) is 0. The Morgan fingerprint density at radius 1 is 1.29 bits per heavy atom. The van der Waals surface area contributed by atoms with E-state index in [1.165, 1.54) is 11.9 Å². The van der Waals surface area contributed by atoms with E-state index in [4.69, 9.17) is 0 Å². The fraction of sp³-hybridized carbons (Fsp3) is 0.364. The number of phenolic OH excluding ortho intramolecular Hbond substituents is 1. The molecule has 0 saturated carbocycles. The Bertz CT molecular complexity index is 328. The van der Waals surface area contributed by atoms with Crippen LogP contribution in [0.25, 0.3) is 0 Å². The number of rotatable bonds is 2. The van der Waals surface area contributed by atoms with Gasteiger partial charge in [0.1, 0.15) is 5.75 Å². The zero-order valence-corrected chi connectivity index (χ0v) is 9.51. The van der Waals surface area contributed by atoms with Gasteiger partial charge in [-0.2, -0.15) is 0 Å². The second-order valence-corrected chi connectivity index (χ2v) is 5.62. The molecule has 0 atom stereocenters. The first-order chi connectivity index (χ1) is 6.49. The molecule has 14 heavy (non-hydrogen) atoms. The Hall–Kier alpha value is -0.960. The van der Waals surface area contributed by atoms with Crippen molar-refractivity contribution in [3.8, 4) is 5.75 Å². The van der Waals surface area contributed by atoms with E-state index < -0.39 is 0 Å². The summed E-state index contributed by atoms with van der Waals surface area (Å²) in [5.41, 5.74) is 0.754. The van der Waals surface area contributed by atoms with Crippen molar-refractivity contribution in [3.05, 3.63) is 29.8 Å². The fourth-order valence-corrected chi connectivity index (χ4v) is 1.32. The number of nitrogens with zero attached hydrogens (tertiary/aromatic N) is 1. The lowest BCUT2D eigenvalue weighted by Crippen LogP contribution is -2.04. The molecule has 0 unspecified atom stereocenters. The van der Waals surface area contributed by atoms with E-state index in [2.05, 4.69) is 25.2 Å². The van der Waals surface area contributed by atoms with Crippen molar-refractivity contribution in [1.29, 1.82) is 0 Å². The molecule has 0 spiro atoms. The molecule has 2 nitrogen and oxygen atoms in total. The molecule has 0 aliphatic rings. The van der Waals surface area contributed by atoms with E-state index in [1.54, 1.807) is 18.3 Å². The Balaban J connectivity index is 2.65. The van der Waals surface area contributed by atoms with Gasteiger partial charge >= 0.3 is 0 Å². The fourth-order valence-electron chi connectivity index (χ4n) is 0.838. The van der Waals surface area contributed by atoms with Gasteiger partial charge in [0.25, 0.3) is 0 Å². The molecule has 0 aliphatic heterocycles. The number of aromatic hydroxyl groups is 1. The van der Waals surface area contributed by atoms with Gasteiger partial charge in [-0.05, 0) is 44.9 Å². The highest BCUT2D eigenvalue weighted by molar-refractivity contribution is 7.99. The van der Waals surface area contributed by atoms with E-state index in [1.807, 2.05) is 12.1 Å². The highest BCUT2D eigenvalue weighted by Crippen LogP contribution is 2.24. The van der Waals surface area contributed by atoms with E-state index in [9.17, 15) is 5.11 Å². The van der Waals surface area contributed by atoms with Crippen LogP contribution in [-0.2, 0) is 0 Å². The number of hydrogen-bond acceptors (Lipinski definition) is 3. The van der Waals surface area contributed by atoms with Gasteiger partial charge in [0.15, 0.2) is 0 Å². The van der Waals surface area contributed by atoms with Crippen LogP contribution in [0.5, 0.6) is 5.75 Å². The van der Waals surface area contributed by atoms with Crippen LogP contribution in [0.4, 0.5) is 0 Å². The number of hydrogen-bond donors (Lipinski definition) is 1. The monoisotopic (exact) mass is 209 g/mol. The van der Waals surface area contributed by atoms with Crippen LogP contribution in [0.15, 0.2) is 28.7 Å². The lowest BCUT2D eigenvalue weighted by Gasteiger charge is -2.12. The maximum atomic E-state index is 9.44. The summed E-state index contributed by atoms with van der Waals surface area (Å²) in [5.74, 6) is 0.269. The quantitative estimate of drug-likeness (QED) is 0.599. The zero-order valence-electron chi connectivity index (χ0n) is 8.69. The topological polar surface area (TPSA) is 32.6 Å². The molecule has 0 amide bonds. The second kappa shape index (κ2) is 4.51. The standard InChI is InChI=1S/C11H15NOS/c1-11(2,3)14-12-8-9-6-4-5-7-10(9)13/h4-8,13H,1-3H3/b12-8+. The predicted octanol–water partition coefficient (Wildman–Crippen LogP) is 3.26. The minimum atomic E-state index is 0.112. The average Bonchev–Trinajstić information content (AvgIpc) is 2.06. The Labute approximate surface area is 89.2 Å². The summed E-state index contributed by atoms with van der Waals surface area (Å²) >= 11 is 1.50. The van der Waals surface area contributed by atoms with Crippen molar-refractivity contribution >= 4 is 18.2 Å². The van der Waals surface area contributed by atoms with Gasteiger partial charge in [0.05, 0.1) is 0 Å². The lowest BCUT2D eigenvalue weighted by molar-refractivity contribution is 0.474. The van der Waals surface area contributed by atoms with E-state index in [-0.39, 0.29) is 10.5 Å². The van der Waals surface area contributed by atoms with Crippen LogP contribution in [0.3, 0.4) is 0 Å². The van der Waals surface area contributed by atoms with Crippen LogP contribution in [0.2, 0.25) is 0 Å². The highest BCUT2D eigenvalue weighted by atomic mass is 32.2. The summed E-state index contributed by atoms with van der Waals surface area (Å²) in [5, 5.41) is 9.44. The van der Waals surface area contributed by atoms with Crippen LogP contribution < -0.4 is 0 Å². The molecule has 1 aromatic rings. The largest absolute Gasteiger partial charge is 0.507 e. The molecule has 0 fully saturated rings. The Morgan fingerprint density at radius 2 is 1.93 bits per heavy atom. The minimum Gasteiger partial charge on any atom is -0.507 e. The van der Waals surface area contributed by atoms with E-state index >= 15 is 0 Å². The number of phenols is 1. The third kappa shape index (κ3) is 3.83. The van der Waals surface area contributed by atoms with Crippen molar-refractivity contribution in [2.75, 3.05) is 0 Å². The van der Waals surface area contributed by atoms with Gasteiger partial charge in [0, 0.05) is 16.5 Å². The summed E-state index contributed by atoms with van der Waals surface area (Å²) < 4.78 is 4.32. The molecule has 0 aromatic heterocycles. The second-order valence-electron chi connectivity index (χ2n) is 4.00.